The second-order valence-corrected chi connectivity index (χ2v) is 6.62. The highest BCUT2D eigenvalue weighted by molar-refractivity contribution is 6.07. The van der Waals surface area contributed by atoms with Gasteiger partial charge in [-0.2, -0.15) is 5.10 Å². The van der Waals surface area contributed by atoms with Crippen molar-refractivity contribution in [1.82, 2.24) is 25.2 Å². The van der Waals surface area contributed by atoms with Crippen LogP contribution < -0.4 is 5.32 Å². The van der Waals surface area contributed by atoms with E-state index < -0.39 is 0 Å². The first-order valence-electron chi connectivity index (χ1n) is 8.76. The number of rotatable bonds is 4. The molecule has 0 aliphatic heterocycles. The minimum Gasteiger partial charge on any atom is -0.344 e. The van der Waals surface area contributed by atoms with Crippen molar-refractivity contribution in [1.29, 1.82) is 0 Å². The summed E-state index contributed by atoms with van der Waals surface area (Å²) in [6.45, 7) is 3.62. The van der Waals surface area contributed by atoms with E-state index in [9.17, 15) is 9.18 Å². The predicted octanol–water partition coefficient (Wildman–Crippen LogP) is 3.56. The smallest absolute Gasteiger partial charge is 0.259 e. The number of benzene rings is 1. The number of nitrogens with one attached hydrogen (secondary N) is 1. The molecule has 1 aromatic carbocycles. The number of halogens is 1. The molecule has 0 spiro atoms. The molecule has 4 rings (SSSR count). The predicted molar refractivity (Wildman–Crippen MR) is 101 cm³/mol. The average Bonchev–Trinajstić information content (AvgIpc) is 3.28. The summed E-state index contributed by atoms with van der Waals surface area (Å²) < 4.78 is 20.2. The van der Waals surface area contributed by atoms with Crippen molar-refractivity contribution >= 4 is 17.0 Å². The fraction of sp³-hybridized carbons (Fsp3) is 0.200. The molecule has 0 saturated heterocycles. The zero-order valence-electron chi connectivity index (χ0n) is 15.6. The largest absolute Gasteiger partial charge is 0.344 e. The topological polar surface area (TPSA) is 85.8 Å². The van der Waals surface area contributed by atoms with Crippen LogP contribution in [0.3, 0.4) is 0 Å². The van der Waals surface area contributed by atoms with Crippen LogP contribution in [0, 0.1) is 12.7 Å². The fourth-order valence-electron chi connectivity index (χ4n) is 3.05. The summed E-state index contributed by atoms with van der Waals surface area (Å²) in [4.78, 5) is 17.5. The van der Waals surface area contributed by atoms with Crippen molar-refractivity contribution < 1.29 is 13.7 Å². The van der Waals surface area contributed by atoms with Crippen molar-refractivity contribution in [2.24, 2.45) is 7.05 Å². The molecule has 3 heterocycles. The Balaban J connectivity index is 1.75. The van der Waals surface area contributed by atoms with Crippen molar-refractivity contribution in [3.63, 3.8) is 0 Å². The van der Waals surface area contributed by atoms with Gasteiger partial charge in [0.1, 0.15) is 5.82 Å². The highest BCUT2D eigenvalue weighted by atomic mass is 19.1. The summed E-state index contributed by atoms with van der Waals surface area (Å²) in [5.74, 6) is -0.636. The quantitative estimate of drug-likeness (QED) is 0.586. The van der Waals surface area contributed by atoms with Gasteiger partial charge in [0.15, 0.2) is 0 Å². The first-order valence-corrected chi connectivity index (χ1v) is 8.76. The highest BCUT2D eigenvalue weighted by Gasteiger charge is 2.21. The Morgan fingerprint density at radius 2 is 2.00 bits per heavy atom. The van der Waals surface area contributed by atoms with E-state index in [0.717, 1.165) is 5.69 Å². The maximum atomic E-state index is 13.3. The van der Waals surface area contributed by atoms with Gasteiger partial charge in [-0.3, -0.25) is 9.48 Å². The van der Waals surface area contributed by atoms with Gasteiger partial charge < -0.3 is 9.84 Å². The van der Waals surface area contributed by atoms with Crippen LogP contribution in [0.15, 0.2) is 47.1 Å². The Labute approximate surface area is 160 Å². The number of nitrogens with zero attached hydrogens (tertiary/aromatic N) is 4. The van der Waals surface area contributed by atoms with E-state index in [2.05, 4.69) is 20.6 Å². The van der Waals surface area contributed by atoms with Crippen molar-refractivity contribution in [3.05, 3.63) is 65.4 Å². The molecule has 0 aliphatic carbocycles. The number of carbonyl (C=O) groups is 1. The summed E-state index contributed by atoms with van der Waals surface area (Å²) in [6.07, 6.45) is 1.82. The van der Waals surface area contributed by atoms with Gasteiger partial charge in [0, 0.05) is 18.8 Å². The Kier molecular flexibility index (Phi) is 4.38. The Bertz CT molecular complexity index is 1160. The zero-order chi connectivity index (χ0) is 19.8. The third-order valence-electron chi connectivity index (χ3n) is 4.53. The van der Waals surface area contributed by atoms with E-state index in [0.29, 0.717) is 27.9 Å². The Morgan fingerprint density at radius 3 is 2.68 bits per heavy atom. The van der Waals surface area contributed by atoms with Crippen LogP contribution >= 0.6 is 0 Å². The minimum atomic E-state index is -0.345. The maximum Gasteiger partial charge on any atom is 0.259 e. The molecule has 1 amide bonds. The SMILES string of the molecule is Cc1noc2nc(-c3ccc(F)cc3)cc(C(=O)N[C@H](C)c3ccn(C)n3)c12. The average molecular weight is 379 g/mol. The van der Waals surface area contributed by atoms with Crippen LogP contribution in [0.25, 0.3) is 22.4 Å². The number of hydrogen-bond donors (Lipinski definition) is 1. The molecule has 0 unspecified atom stereocenters. The molecule has 1 N–H and O–H groups in total. The molecular formula is C20H18FN5O2. The number of aromatic nitrogens is 4. The van der Waals surface area contributed by atoms with Gasteiger partial charge in [0.05, 0.1) is 34.1 Å². The lowest BCUT2D eigenvalue weighted by Crippen LogP contribution is -2.27. The number of amides is 1. The summed E-state index contributed by atoms with van der Waals surface area (Å²) in [7, 11) is 1.82. The molecule has 0 aliphatic rings. The van der Waals surface area contributed by atoms with E-state index in [4.69, 9.17) is 4.52 Å². The normalized spacial score (nSPS) is 12.3. The van der Waals surface area contributed by atoms with Crippen molar-refractivity contribution in [3.8, 4) is 11.3 Å². The third-order valence-corrected chi connectivity index (χ3v) is 4.53. The van der Waals surface area contributed by atoms with E-state index in [1.54, 1.807) is 29.8 Å². The molecule has 8 heteroatoms. The number of fused-ring (bicyclic) bond motifs is 1. The van der Waals surface area contributed by atoms with Gasteiger partial charge in [-0.05, 0) is 50.2 Å². The summed E-state index contributed by atoms with van der Waals surface area (Å²) in [6, 6.07) is 9.12. The van der Waals surface area contributed by atoms with Crippen LogP contribution in [0.4, 0.5) is 4.39 Å². The number of hydrogen-bond acceptors (Lipinski definition) is 5. The van der Waals surface area contributed by atoms with Crippen molar-refractivity contribution in [2.75, 3.05) is 0 Å². The summed E-state index contributed by atoms with van der Waals surface area (Å²) >= 11 is 0. The molecule has 28 heavy (non-hydrogen) atoms. The fourth-order valence-corrected chi connectivity index (χ4v) is 3.05. The monoisotopic (exact) mass is 379 g/mol. The summed E-state index contributed by atoms with van der Waals surface area (Å²) in [5.41, 5.74) is 3.15. The van der Waals surface area contributed by atoms with Crippen molar-refractivity contribution in [2.45, 2.75) is 19.9 Å². The first kappa shape index (κ1) is 17.8. The molecule has 0 bridgehead atoms. The molecule has 0 fully saturated rings. The van der Waals surface area contributed by atoms with Gasteiger partial charge in [-0.25, -0.2) is 9.37 Å². The second-order valence-electron chi connectivity index (χ2n) is 6.62. The van der Waals surface area contributed by atoms with Gasteiger partial charge in [-0.1, -0.05) is 5.16 Å². The lowest BCUT2D eigenvalue weighted by molar-refractivity contribution is 0.0940. The van der Waals surface area contributed by atoms with E-state index in [1.807, 2.05) is 26.2 Å². The van der Waals surface area contributed by atoms with Gasteiger partial charge in [-0.15, -0.1) is 0 Å². The standard InChI is InChI=1S/C20H18FN5O2/c1-11(16-8-9-26(3)24-16)22-19(27)15-10-17(13-4-6-14(21)7-5-13)23-20-18(15)12(2)25-28-20/h4-11H,1-3H3,(H,22,27)/t11-/m1/s1. The molecule has 0 radical (unpaired) electrons. The lowest BCUT2D eigenvalue weighted by Gasteiger charge is -2.13. The van der Waals surface area contributed by atoms with Crippen LogP contribution in [-0.2, 0) is 7.05 Å². The van der Waals surface area contributed by atoms with Gasteiger partial charge in [0.25, 0.3) is 11.6 Å². The van der Waals surface area contributed by atoms with E-state index in [-0.39, 0.29) is 23.5 Å². The molecule has 3 aromatic heterocycles. The maximum absolute atomic E-state index is 13.3. The number of carbonyl (C=O) groups excluding carboxylic acids is 1. The first-order chi connectivity index (χ1) is 13.4. The van der Waals surface area contributed by atoms with Gasteiger partial charge >= 0.3 is 0 Å². The van der Waals surface area contributed by atoms with E-state index in [1.165, 1.54) is 12.1 Å². The molecule has 0 saturated carbocycles. The van der Waals surface area contributed by atoms with Crippen LogP contribution in [0.1, 0.15) is 34.7 Å². The molecule has 4 aromatic rings. The summed E-state index contributed by atoms with van der Waals surface area (Å²) in [5, 5.41) is 11.8. The number of pyridine rings is 1. The Hall–Kier alpha value is -3.55. The number of aryl methyl sites for hydroxylation is 2. The van der Waals surface area contributed by atoms with E-state index >= 15 is 0 Å². The Morgan fingerprint density at radius 1 is 1.25 bits per heavy atom. The third kappa shape index (κ3) is 3.24. The van der Waals surface area contributed by atoms with Crippen LogP contribution in [-0.4, -0.2) is 25.8 Å². The molecule has 142 valence electrons. The van der Waals surface area contributed by atoms with Crippen LogP contribution in [0.5, 0.6) is 0 Å². The van der Waals surface area contributed by atoms with Crippen LogP contribution in [0.2, 0.25) is 0 Å². The lowest BCUT2D eigenvalue weighted by atomic mass is 10.0. The molecule has 7 nitrogen and oxygen atoms in total. The second kappa shape index (κ2) is 6.88. The minimum absolute atomic E-state index is 0.259. The molecule has 1 atom stereocenters. The van der Waals surface area contributed by atoms with Gasteiger partial charge in [0.2, 0.25) is 0 Å². The molecular weight excluding hydrogens is 361 g/mol. The zero-order valence-corrected chi connectivity index (χ0v) is 15.6. The highest BCUT2D eigenvalue weighted by Crippen LogP contribution is 2.27.